The molecule has 0 bridgehead atoms. The van der Waals surface area contributed by atoms with Gasteiger partial charge in [-0.25, -0.2) is 0 Å². The standard InChI is InChI=1S/C22H16N2O4/c1-3-13-5-10-21(27-14-6-8-19(25)17(23)11-14)16(4-2)22(13)28-15-7-9-20(26)18(24)12-15/h1-2,5-12,25-26H,23-24H2. The van der Waals surface area contributed by atoms with Crippen molar-refractivity contribution in [3.63, 3.8) is 0 Å². The van der Waals surface area contributed by atoms with E-state index < -0.39 is 0 Å². The number of hydrogen-bond donors (Lipinski definition) is 4. The van der Waals surface area contributed by atoms with Gasteiger partial charge in [-0.2, -0.15) is 0 Å². The lowest BCUT2D eigenvalue weighted by Crippen LogP contribution is -1.97. The van der Waals surface area contributed by atoms with Gasteiger partial charge in [-0.05, 0) is 36.4 Å². The number of anilines is 2. The zero-order valence-electron chi connectivity index (χ0n) is 14.6. The summed E-state index contributed by atoms with van der Waals surface area (Å²) in [4.78, 5) is 0. The zero-order chi connectivity index (χ0) is 20.3. The normalized spacial score (nSPS) is 9.93. The summed E-state index contributed by atoms with van der Waals surface area (Å²) in [5.74, 6) is 6.18. The van der Waals surface area contributed by atoms with Crippen LogP contribution >= 0.6 is 0 Å². The number of ether oxygens (including phenoxy) is 2. The molecule has 138 valence electrons. The highest BCUT2D eigenvalue weighted by molar-refractivity contribution is 5.65. The van der Waals surface area contributed by atoms with Crippen molar-refractivity contribution in [1.29, 1.82) is 0 Å². The third-order valence-electron chi connectivity index (χ3n) is 3.87. The Kier molecular flexibility index (Phi) is 4.89. The van der Waals surface area contributed by atoms with Crippen molar-refractivity contribution in [2.45, 2.75) is 0 Å². The largest absolute Gasteiger partial charge is 0.506 e. The molecular weight excluding hydrogens is 356 g/mol. The fourth-order valence-corrected chi connectivity index (χ4v) is 2.44. The molecule has 0 aliphatic rings. The Balaban J connectivity index is 2.04. The molecule has 0 unspecified atom stereocenters. The Labute approximate surface area is 161 Å². The van der Waals surface area contributed by atoms with Crippen molar-refractivity contribution in [1.82, 2.24) is 0 Å². The predicted octanol–water partition coefficient (Wildman–Crippen LogP) is 3.81. The van der Waals surface area contributed by atoms with E-state index in [0.717, 1.165) is 0 Å². The Hall–Kier alpha value is -4.42. The summed E-state index contributed by atoms with van der Waals surface area (Å²) in [5, 5.41) is 19.1. The molecule has 6 N–H and O–H groups in total. The van der Waals surface area contributed by atoms with E-state index in [1.807, 2.05) is 0 Å². The molecule has 0 spiro atoms. The van der Waals surface area contributed by atoms with Gasteiger partial charge in [0.25, 0.3) is 0 Å². The van der Waals surface area contributed by atoms with Crippen LogP contribution in [0.5, 0.6) is 34.5 Å². The van der Waals surface area contributed by atoms with Crippen LogP contribution in [0.15, 0.2) is 48.5 Å². The van der Waals surface area contributed by atoms with Gasteiger partial charge in [0.15, 0.2) is 5.75 Å². The first kappa shape index (κ1) is 18.4. The minimum atomic E-state index is -0.0660. The summed E-state index contributed by atoms with van der Waals surface area (Å²) >= 11 is 0. The number of terminal acetylenes is 2. The van der Waals surface area contributed by atoms with Crippen LogP contribution in [0.2, 0.25) is 0 Å². The molecular formula is C22H16N2O4. The van der Waals surface area contributed by atoms with Gasteiger partial charge in [0, 0.05) is 12.1 Å². The highest BCUT2D eigenvalue weighted by Gasteiger charge is 2.16. The molecule has 0 fully saturated rings. The van der Waals surface area contributed by atoms with Crippen molar-refractivity contribution in [2.24, 2.45) is 0 Å². The van der Waals surface area contributed by atoms with Crippen molar-refractivity contribution < 1.29 is 19.7 Å². The highest BCUT2D eigenvalue weighted by atomic mass is 16.5. The number of phenolic OH excluding ortho intramolecular Hbond substituents is 2. The second-order valence-corrected chi connectivity index (χ2v) is 5.75. The molecule has 28 heavy (non-hydrogen) atoms. The van der Waals surface area contributed by atoms with E-state index in [2.05, 4.69) is 11.8 Å². The van der Waals surface area contributed by atoms with Crippen LogP contribution in [0, 0.1) is 24.7 Å². The second kappa shape index (κ2) is 7.45. The third kappa shape index (κ3) is 3.57. The fraction of sp³-hybridized carbons (Fsp3) is 0. The van der Waals surface area contributed by atoms with Crippen molar-refractivity contribution in [2.75, 3.05) is 11.5 Å². The molecule has 0 saturated heterocycles. The predicted molar refractivity (Wildman–Crippen MR) is 107 cm³/mol. The number of nitrogen functional groups attached to an aromatic ring is 2. The average molecular weight is 372 g/mol. The molecule has 0 aliphatic heterocycles. The van der Waals surface area contributed by atoms with E-state index in [9.17, 15) is 10.2 Å². The number of hydrogen-bond acceptors (Lipinski definition) is 6. The lowest BCUT2D eigenvalue weighted by molar-refractivity contribution is 0.451. The first-order chi connectivity index (χ1) is 13.4. The molecule has 0 radical (unpaired) electrons. The maximum absolute atomic E-state index is 9.57. The van der Waals surface area contributed by atoms with E-state index in [0.29, 0.717) is 22.8 Å². The maximum atomic E-state index is 9.57. The number of phenols is 2. The number of rotatable bonds is 4. The molecule has 3 aromatic rings. The Morgan fingerprint density at radius 2 is 1.32 bits per heavy atom. The first-order valence-electron chi connectivity index (χ1n) is 8.06. The third-order valence-corrected chi connectivity index (χ3v) is 3.87. The van der Waals surface area contributed by atoms with Crippen LogP contribution in [0.4, 0.5) is 11.4 Å². The van der Waals surface area contributed by atoms with Crippen LogP contribution < -0.4 is 20.9 Å². The van der Waals surface area contributed by atoms with Gasteiger partial charge in [-0.15, -0.1) is 12.8 Å². The van der Waals surface area contributed by atoms with Gasteiger partial charge in [-0.3, -0.25) is 0 Å². The van der Waals surface area contributed by atoms with Gasteiger partial charge in [0.2, 0.25) is 0 Å². The molecule has 3 aromatic carbocycles. The van der Waals surface area contributed by atoms with E-state index in [-0.39, 0.29) is 34.2 Å². The van der Waals surface area contributed by atoms with Crippen molar-refractivity contribution in [3.8, 4) is 59.2 Å². The quantitative estimate of drug-likeness (QED) is 0.315. The van der Waals surface area contributed by atoms with Gasteiger partial charge in [-0.1, -0.05) is 11.8 Å². The van der Waals surface area contributed by atoms with Gasteiger partial charge in [0.1, 0.15) is 34.3 Å². The van der Waals surface area contributed by atoms with Crippen molar-refractivity contribution in [3.05, 3.63) is 59.7 Å². The van der Waals surface area contributed by atoms with Gasteiger partial charge < -0.3 is 31.2 Å². The van der Waals surface area contributed by atoms with Crippen LogP contribution in [0.25, 0.3) is 0 Å². The van der Waals surface area contributed by atoms with E-state index >= 15 is 0 Å². The van der Waals surface area contributed by atoms with Crippen LogP contribution in [-0.4, -0.2) is 10.2 Å². The van der Waals surface area contributed by atoms with Gasteiger partial charge in [0.05, 0.1) is 16.9 Å². The molecule has 3 rings (SSSR count). The van der Waals surface area contributed by atoms with Crippen LogP contribution in [0.3, 0.4) is 0 Å². The van der Waals surface area contributed by atoms with E-state index in [1.54, 1.807) is 18.2 Å². The minimum absolute atomic E-state index is 0.0545. The lowest BCUT2D eigenvalue weighted by Gasteiger charge is -2.15. The molecule has 0 atom stereocenters. The van der Waals surface area contributed by atoms with E-state index in [1.165, 1.54) is 30.3 Å². The smallest absolute Gasteiger partial charge is 0.162 e. The summed E-state index contributed by atoms with van der Waals surface area (Å²) in [6.07, 6.45) is 11.3. The van der Waals surface area contributed by atoms with Crippen molar-refractivity contribution >= 4 is 11.4 Å². The molecule has 0 amide bonds. The SMILES string of the molecule is C#Cc1ccc(Oc2ccc(O)c(N)c2)c(C#C)c1Oc1ccc(O)c(N)c1. The highest BCUT2D eigenvalue weighted by Crippen LogP contribution is 2.38. The van der Waals surface area contributed by atoms with Gasteiger partial charge >= 0.3 is 0 Å². The van der Waals surface area contributed by atoms with E-state index in [4.69, 9.17) is 33.8 Å². The summed E-state index contributed by atoms with van der Waals surface area (Å²) in [5.41, 5.74) is 12.4. The minimum Gasteiger partial charge on any atom is -0.506 e. The zero-order valence-corrected chi connectivity index (χ0v) is 14.6. The lowest BCUT2D eigenvalue weighted by atomic mass is 10.1. The monoisotopic (exact) mass is 372 g/mol. The molecule has 6 heteroatoms. The Morgan fingerprint density at radius 3 is 1.82 bits per heavy atom. The number of aromatic hydroxyl groups is 2. The molecule has 0 aliphatic carbocycles. The maximum Gasteiger partial charge on any atom is 0.162 e. The molecule has 0 aromatic heterocycles. The summed E-state index contributed by atoms with van der Waals surface area (Å²) in [6, 6.07) is 12.0. The Morgan fingerprint density at radius 1 is 0.750 bits per heavy atom. The molecule has 6 nitrogen and oxygen atoms in total. The fourth-order valence-electron chi connectivity index (χ4n) is 2.44. The summed E-state index contributed by atoms with van der Waals surface area (Å²) in [7, 11) is 0. The second-order valence-electron chi connectivity index (χ2n) is 5.75. The molecule has 0 heterocycles. The number of benzene rings is 3. The summed E-state index contributed by atoms with van der Waals surface area (Å²) < 4.78 is 11.7. The van der Waals surface area contributed by atoms with Crippen LogP contribution in [0.1, 0.15) is 11.1 Å². The number of nitrogens with two attached hydrogens (primary N) is 2. The topological polar surface area (TPSA) is 111 Å². The van der Waals surface area contributed by atoms with Crippen LogP contribution in [-0.2, 0) is 0 Å². The average Bonchev–Trinajstić information content (AvgIpc) is 2.68. The first-order valence-corrected chi connectivity index (χ1v) is 8.06. The summed E-state index contributed by atoms with van der Waals surface area (Å²) in [6.45, 7) is 0. The Bertz CT molecular complexity index is 1140. The molecule has 0 saturated carbocycles.